The number of nitrogens with one attached hydrogen (secondary N) is 1. The molecule has 0 unspecified atom stereocenters. The first-order chi connectivity index (χ1) is 29.8. The van der Waals surface area contributed by atoms with E-state index in [2.05, 4.69) is 56.6 Å². The van der Waals surface area contributed by atoms with Crippen molar-refractivity contribution in [1.29, 1.82) is 0 Å². The number of carbonyl (C=O) groups is 2. The van der Waals surface area contributed by atoms with Crippen LogP contribution in [0.3, 0.4) is 0 Å². The molecule has 16 nitrogen and oxygen atoms in total. The molecule has 2 atom stereocenters. The number of nitrogens with zero attached hydrogens (tertiary/aromatic N) is 13. The molecule has 2 fully saturated rings. The third kappa shape index (κ3) is 8.54. The molecule has 0 aromatic carbocycles. The quantitative estimate of drug-likeness (QED) is 0.159. The maximum atomic E-state index is 13.0. The Bertz CT molecular complexity index is 2400. The molecule has 0 spiro atoms. The highest BCUT2D eigenvalue weighted by Gasteiger charge is 2.42. The Morgan fingerprint density at radius 3 is 1.77 bits per heavy atom. The molecule has 2 saturated carbocycles. The van der Waals surface area contributed by atoms with Gasteiger partial charge in [-0.25, -0.2) is 19.9 Å². The molecule has 6 aromatic heterocycles. The summed E-state index contributed by atoms with van der Waals surface area (Å²) in [6.45, 7) is 4.12. The summed E-state index contributed by atoms with van der Waals surface area (Å²) in [5.41, 5.74) is 5.35. The fraction of sp³-hybridized carbons (Fsp3) is 0.409. The van der Waals surface area contributed by atoms with Gasteiger partial charge in [0.25, 0.3) is 0 Å². The smallest absolute Gasteiger partial charge is 0.249 e. The van der Waals surface area contributed by atoms with Crippen LogP contribution < -0.4 is 19.6 Å². The van der Waals surface area contributed by atoms with Crippen LogP contribution in [0.4, 0.5) is 23.0 Å². The molecule has 6 aromatic rings. The van der Waals surface area contributed by atoms with E-state index >= 15 is 0 Å². The number of hydrogen-bond donors (Lipinski definition) is 1. The van der Waals surface area contributed by atoms with Crippen LogP contribution in [0, 0.1) is 0 Å². The lowest BCUT2D eigenvalue weighted by Crippen LogP contribution is -2.55. The van der Waals surface area contributed by atoms with Crippen LogP contribution in [0.25, 0.3) is 28.5 Å². The summed E-state index contributed by atoms with van der Waals surface area (Å²) >= 11 is 5.97. The SMILES string of the molecule is CC[C@@H]1C(=O)N(C)c2cnc(-n3cnc(-c4cccnc4)c3)nc2N1C1CCCC1.CC[C@@H]1C(=O)N(C)c2cnc(Cl)nc2N1C1CCCC1.c1cncc(-c2cnc[nH]2)c1. The van der Waals surface area contributed by atoms with Gasteiger partial charge >= 0.3 is 0 Å². The van der Waals surface area contributed by atoms with E-state index in [1.165, 1.54) is 25.7 Å². The van der Waals surface area contributed by atoms with Gasteiger partial charge in [0.2, 0.25) is 23.0 Å². The van der Waals surface area contributed by atoms with E-state index < -0.39 is 0 Å². The second-order valence-electron chi connectivity index (χ2n) is 15.7. The highest BCUT2D eigenvalue weighted by Crippen LogP contribution is 2.41. The average molecular weight is 843 g/mol. The van der Waals surface area contributed by atoms with Crippen molar-refractivity contribution < 1.29 is 9.59 Å². The Hall–Kier alpha value is -6.29. The van der Waals surface area contributed by atoms with Crippen LogP contribution >= 0.6 is 11.6 Å². The number of aromatic nitrogens is 10. The zero-order valence-electron chi connectivity index (χ0n) is 35.0. The Kier molecular flexibility index (Phi) is 12.6. The normalized spacial score (nSPS) is 19.0. The van der Waals surface area contributed by atoms with Gasteiger partial charge in [-0.15, -0.1) is 0 Å². The maximum absolute atomic E-state index is 13.0. The number of hydrogen-bond acceptors (Lipinski definition) is 12. The van der Waals surface area contributed by atoms with Crippen LogP contribution in [0.15, 0.2) is 86.5 Å². The number of H-pyrrole nitrogens is 1. The second-order valence-corrected chi connectivity index (χ2v) is 16.0. The van der Waals surface area contributed by atoms with E-state index in [4.69, 9.17) is 16.6 Å². The van der Waals surface area contributed by atoms with E-state index in [0.29, 0.717) is 18.0 Å². The minimum Gasteiger partial charge on any atom is -0.345 e. The molecule has 316 valence electrons. The molecule has 0 bridgehead atoms. The summed E-state index contributed by atoms with van der Waals surface area (Å²) in [5, 5.41) is 0.240. The first kappa shape index (κ1) is 41.4. The number of likely N-dealkylation sites (N-methyl/N-ethyl adjacent to an activating group) is 2. The van der Waals surface area contributed by atoms with Crippen LogP contribution in [0.1, 0.15) is 78.1 Å². The number of carbonyl (C=O) groups excluding carboxylic acids is 2. The molecule has 0 saturated heterocycles. The molecule has 0 radical (unpaired) electrons. The van der Waals surface area contributed by atoms with Crippen molar-refractivity contribution in [2.75, 3.05) is 33.7 Å². The highest BCUT2D eigenvalue weighted by molar-refractivity contribution is 6.28. The standard InChI is InChI=1S/C22H25N7O.C14H19ClN4O.C8H7N3/c1-3-18-21(30)27(2)19-12-24-22(26-20(19)29(18)16-8-4-5-9-16)28-13-17(25-14-28)15-7-6-10-23-11-15;1-3-10-13(20)18(2)11-8-16-14(15)17-12(11)19(10)9-6-4-5-7-9;1-2-7(4-9-3-1)8-5-10-6-11-8/h6-7,10-14,16,18H,3-5,8-9H2,1-2H3;8-10H,3-7H2,1-2H3;1-6H,(H,10,11)/t18-;10-;/m11./s1. The number of rotatable bonds is 7. The largest absolute Gasteiger partial charge is 0.345 e. The van der Waals surface area contributed by atoms with Gasteiger partial charge < -0.3 is 24.6 Å². The third-order valence-corrected chi connectivity index (χ3v) is 12.2. The number of fused-ring (bicyclic) bond motifs is 2. The summed E-state index contributed by atoms with van der Waals surface area (Å²) in [4.78, 5) is 70.9. The molecular weight excluding hydrogens is 792 g/mol. The Morgan fingerprint density at radius 1 is 0.689 bits per heavy atom. The Morgan fingerprint density at radius 2 is 1.25 bits per heavy atom. The molecule has 2 aliphatic carbocycles. The monoisotopic (exact) mass is 842 g/mol. The van der Waals surface area contributed by atoms with Crippen molar-refractivity contribution in [2.24, 2.45) is 0 Å². The lowest BCUT2D eigenvalue weighted by Gasteiger charge is -2.43. The summed E-state index contributed by atoms with van der Waals surface area (Å²) in [6.07, 6.45) is 28.4. The Labute approximate surface area is 360 Å². The predicted molar refractivity (Wildman–Crippen MR) is 236 cm³/mol. The minimum atomic E-state index is -0.179. The van der Waals surface area contributed by atoms with Gasteiger partial charge in [0.15, 0.2) is 11.6 Å². The molecule has 1 N–H and O–H groups in total. The zero-order chi connectivity index (χ0) is 42.5. The van der Waals surface area contributed by atoms with E-state index in [9.17, 15) is 9.59 Å². The van der Waals surface area contributed by atoms with Gasteiger partial charge in [-0.2, -0.15) is 9.97 Å². The van der Waals surface area contributed by atoms with Crippen molar-refractivity contribution in [1.82, 2.24) is 49.4 Å². The predicted octanol–water partition coefficient (Wildman–Crippen LogP) is 7.33. The van der Waals surface area contributed by atoms with Gasteiger partial charge in [-0.05, 0) is 74.4 Å². The number of imidazole rings is 2. The average Bonchev–Trinajstić information content (AvgIpc) is 4.16. The van der Waals surface area contributed by atoms with Gasteiger partial charge in [0.1, 0.15) is 29.8 Å². The van der Waals surface area contributed by atoms with Crippen LogP contribution in [0.2, 0.25) is 5.28 Å². The molecule has 2 aliphatic heterocycles. The zero-order valence-corrected chi connectivity index (χ0v) is 35.7. The maximum Gasteiger partial charge on any atom is 0.249 e. The topological polar surface area (TPSA) is 171 Å². The minimum absolute atomic E-state index is 0.120. The molecule has 10 rings (SSSR count). The van der Waals surface area contributed by atoms with Crippen molar-refractivity contribution in [3.8, 4) is 28.5 Å². The molecule has 2 amide bonds. The van der Waals surface area contributed by atoms with Gasteiger partial charge in [-0.3, -0.25) is 24.1 Å². The first-order valence-corrected chi connectivity index (χ1v) is 21.5. The summed E-state index contributed by atoms with van der Waals surface area (Å²) in [6, 6.07) is 8.17. The van der Waals surface area contributed by atoms with E-state index in [1.807, 2.05) is 49.0 Å². The van der Waals surface area contributed by atoms with Crippen molar-refractivity contribution in [3.05, 3.63) is 91.8 Å². The Balaban J connectivity index is 0.000000142. The lowest BCUT2D eigenvalue weighted by atomic mass is 10.0. The lowest BCUT2D eigenvalue weighted by molar-refractivity contribution is -0.120. The number of amides is 2. The second kappa shape index (κ2) is 18.5. The summed E-state index contributed by atoms with van der Waals surface area (Å²) in [7, 11) is 3.60. The van der Waals surface area contributed by atoms with Crippen molar-refractivity contribution in [2.45, 2.75) is 102 Å². The van der Waals surface area contributed by atoms with Crippen molar-refractivity contribution >= 4 is 46.4 Å². The van der Waals surface area contributed by atoms with E-state index in [-0.39, 0.29) is 29.2 Å². The van der Waals surface area contributed by atoms with Gasteiger partial charge in [0.05, 0.1) is 36.3 Å². The van der Waals surface area contributed by atoms with Gasteiger partial charge in [0, 0.05) is 68.3 Å². The third-order valence-electron chi connectivity index (χ3n) is 12.0. The molecule has 61 heavy (non-hydrogen) atoms. The number of anilines is 4. The molecule has 4 aliphatic rings. The number of aromatic amines is 1. The fourth-order valence-electron chi connectivity index (χ4n) is 8.89. The van der Waals surface area contributed by atoms with Crippen LogP contribution in [-0.4, -0.2) is 99.5 Å². The van der Waals surface area contributed by atoms with Crippen LogP contribution in [0.5, 0.6) is 0 Å². The van der Waals surface area contributed by atoms with E-state index in [1.54, 1.807) is 72.9 Å². The molecule has 17 heteroatoms. The summed E-state index contributed by atoms with van der Waals surface area (Å²) < 4.78 is 1.83. The first-order valence-electron chi connectivity index (χ1n) is 21.1. The molecule has 8 heterocycles. The number of pyridine rings is 2. The van der Waals surface area contributed by atoms with Crippen LogP contribution in [-0.2, 0) is 9.59 Å². The molecular formula is C44H51ClN14O2. The van der Waals surface area contributed by atoms with Crippen molar-refractivity contribution in [3.63, 3.8) is 0 Å². The van der Waals surface area contributed by atoms with Gasteiger partial charge in [-0.1, -0.05) is 39.5 Å². The van der Waals surface area contributed by atoms with E-state index in [0.717, 1.165) is 84.1 Å². The summed E-state index contributed by atoms with van der Waals surface area (Å²) in [5.74, 6) is 2.45. The number of halogens is 1. The highest BCUT2D eigenvalue weighted by atomic mass is 35.5. The fourth-order valence-corrected chi connectivity index (χ4v) is 9.02.